The largest absolute Gasteiger partial charge is 0.396 e. The average molecular weight is 192 g/mol. The monoisotopic (exact) mass is 192 g/mol. The molecule has 0 unspecified atom stereocenters. The summed E-state index contributed by atoms with van der Waals surface area (Å²) in [6.45, 7) is 6.58. The zero-order valence-corrected chi connectivity index (χ0v) is 7.30. The van der Waals surface area contributed by atoms with E-state index in [2.05, 4.69) is 4.85 Å². The minimum Gasteiger partial charge on any atom is -0.396 e. The fourth-order valence-corrected chi connectivity index (χ4v) is 1.14. The Balaban J connectivity index is 3.18. The van der Waals surface area contributed by atoms with Gasteiger partial charge in [-0.3, -0.25) is 10.1 Å². The van der Waals surface area contributed by atoms with Crippen LogP contribution in [0.25, 0.3) is 4.85 Å². The van der Waals surface area contributed by atoms with E-state index in [0.717, 1.165) is 0 Å². The standard InChI is InChI=1S/C9H8N2O3/c1-10-8-2-3-9(11(13)14)7(6-8)4-5-12/h2-3,6,12H,4-5H2. The third-order valence-corrected chi connectivity index (χ3v) is 1.77. The van der Waals surface area contributed by atoms with Crippen LogP contribution in [0, 0.1) is 16.7 Å². The molecule has 0 bridgehead atoms. The lowest BCUT2D eigenvalue weighted by Crippen LogP contribution is -1.97. The van der Waals surface area contributed by atoms with Crippen LogP contribution in [-0.2, 0) is 6.42 Å². The SMILES string of the molecule is [C-]#[N+]c1ccc([N+](=O)[O-])c(CCO)c1. The summed E-state index contributed by atoms with van der Waals surface area (Å²) in [5.74, 6) is 0. The fourth-order valence-electron chi connectivity index (χ4n) is 1.14. The number of nitro benzene ring substituents is 1. The molecule has 0 spiro atoms. The van der Waals surface area contributed by atoms with Gasteiger partial charge in [0.05, 0.1) is 11.5 Å². The lowest BCUT2D eigenvalue weighted by atomic mass is 10.1. The Hall–Kier alpha value is -1.93. The van der Waals surface area contributed by atoms with Gasteiger partial charge in [0, 0.05) is 24.7 Å². The first-order chi connectivity index (χ1) is 6.69. The molecule has 5 nitrogen and oxygen atoms in total. The van der Waals surface area contributed by atoms with E-state index >= 15 is 0 Å². The summed E-state index contributed by atoms with van der Waals surface area (Å²) in [5, 5.41) is 19.2. The summed E-state index contributed by atoms with van der Waals surface area (Å²) in [7, 11) is 0. The number of aliphatic hydroxyl groups is 1. The van der Waals surface area contributed by atoms with Gasteiger partial charge in [0.25, 0.3) is 5.69 Å². The van der Waals surface area contributed by atoms with Crippen molar-refractivity contribution in [3.63, 3.8) is 0 Å². The number of hydrogen-bond donors (Lipinski definition) is 1. The number of nitro groups is 1. The van der Waals surface area contributed by atoms with Crippen LogP contribution in [0.2, 0.25) is 0 Å². The maximum Gasteiger partial charge on any atom is 0.270 e. The molecule has 1 N–H and O–H groups in total. The minimum absolute atomic E-state index is 0.0496. The number of nitrogens with zero attached hydrogens (tertiary/aromatic N) is 2. The van der Waals surface area contributed by atoms with Crippen molar-refractivity contribution < 1.29 is 10.0 Å². The molecule has 0 heterocycles. The number of hydrogen-bond acceptors (Lipinski definition) is 3. The molecule has 0 aliphatic heterocycles. The van der Waals surface area contributed by atoms with E-state index in [1.807, 2.05) is 0 Å². The van der Waals surface area contributed by atoms with Gasteiger partial charge in [0.2, 0.25) is 0 Å². The van der Waals surface area contributed by atoms with Crippen LogP contribution < -0.4 is 0 Å². The Morgan fingerprint density at radius 1 is 1.57 bits per heavy atom. The van der Waals surface area contributed by atoms with E-state index in [1.165, 1.54) is 18.2 Å². The van der Waals surface area contributed by atoms with E-state index in [1.54, 1.807) is 0 Å². The van der Waals surface area contributed by atoms with Crippen molar-refractivity contribution in [1.29, 1.82) is 0 Å². The molecule has 0 aliphatic rings. The lowest BCUT2D eigenvalue weighted by molar-refractivity contribution is -0.385. The van der Waals surface area contributed by atoms with Crippen molar-refractivity contribution >= 4 is 11.4 Å². The molecular weight excluding hydrogens is 184 g/mol. The van der Waals surface area contributed by atoms with Gasteiger partial charge in [-0.1, -0.05) is 0 Å². The van der Waals surface area contributed by atoms with Gasteiger partial charge in [-0.05, 0) is 12.1 Å². The molecule has 0 atom stereocenters. The number of aliphatic hydroxyl groups excluding tert-OH is 1. The second-order valence-corrected chi connectivity index (χ2v) is 2.66. The molecular formula is C9H8N2O3. The minimum atomic E-state index is -0.515. The van der Waals surface area contributed by atoms with Crippen LogP contribution in [-0.4, -0.2) is 16.6 Å². The normalized spacial score (nSPS) is 9.43. The van der Waals surface area contributed by atoms with Gasteiger partial charge < -0.3 is 5.11 Å². The van der Waals surface area contributed by atoms with E-state index < -0.39 is 4.92 Å². The summed E-state index contributed by atoms with van der Waals surface area (Å²) < 4.78 is 0. The highest BCUT2D eigenvalue weighted by Gasteiger charge is 2.12. The molecule has 0 aromatic heterocycles. The number of benzene rings is 1. The Morgan fingerprint density at radius 3 is 2.79 bits per heavy atom. The van der Waals surface area contributed by atoms with E-state index in [4.69, 9.17) is 11.7 Å². The second-order valence-electron chi connectivity index (χ2n) is 2.66. The highest BCUT2D eigenvalue weighted by Crippen LogP contribution is 2.24. The highest BCUT2D eigenvalue weighted by molar-refractivity contribution is 5.54. The maximum atomic E-state index is 10.5. The first-order valence-corrected chi connectivity index (χ1v) is 3.94. The molecule has 0 saturated heterocycles. The zero-order chi connectivity index (χ0) is 10.6. The Kier molecular flexibility index (Phi) is 3.15. The van der Waals surface area contributed by atoms with Gasteiger partial charge in [0.1, 0.15) is 0 Å². The van der Waals surface area contributed by atoms with Crippen molar-refractivity contribution in [3.8, 4) is 0 Å². The Labute approximate surface area is 80.6 Å². The summed E-state index contributed by atoms with van der Waals surface area (Å²) in [6.07, 6.45) is 0.194. The molecule has 5 heteroatoms. The summed E-state index contributed by atoms with van der Waals surface area (Å²) >= 11 is 0. The molecule has 14 heavy (non-hydrogen) atoms. The zero-order valence-electron chi connectivity index (χ0n) is 7.30. The van der Waals surface area contributed by atoms with Crippen molar-refractivity contribution in [2.75, 3.05) is 6.61 Å². The Bertz CT molecular complexity index is 396. The summed E-state index contributed by atoms with van der Waals surface area (Å²) in [6, 6.07) is 4.12. The van der Waals surface area contributed by atoms with Crippen LogP contribution in [0.3, 0.4) is 0 Å². The Morgan fingerprint density at radius 2 is 2.29 bits per heavy atom. The van der Waals surface area contributed by atoms with Crippen molar-refractivity contribution in [3.05, 3.63) is 45.3 Å². The van der Waals surface area contributed by atoms with Crippen LogP contribution in [0.1, 0.15) is 5.56 Å². The smallest absolute Gasteiger partial charge is 0.270 e. The van der Waals surface area contributed by atoms with Gasteiger partial charge in [-0.25, -0.2) is 4.85 Å². The fraction of sp³-hybridized carbons (Fsp3) is 0.222. The van der Waals surface area contributed by atoms with Crippen LogP contribution in [0.5, 0.6) is 0 Å². The summed E-state index contributed by atoms with van der Waals surface area (Å²) in [4.78, 5) is 13.2. The van der Waals surface area contributed by atoms with E-state index in [0.29, 0.717) is 11.3 Å². The van der Waals surface area contributed by atoms with Crippen LogP contribution in [0.15, 0.2) is 18.2 Å². The van der Waals surface area contributed by atoms with Crippen molar-refractivity contribution in [1.82, 2.24) is 0 Å². The molecule has 0 fully saturated rings. The quantitative estimate of drug-likeness (QED) is 0.450. The first-order valence-electron chi connectivity index (χ1n) is 3.94. The van der Waals surface area contributed by atoms with Gasteiger partial charge in [0.15, 0.2) is 5.69 Å². The van der Waals surface area contributed by atoms with E-state index in [9.17, 15) is 10.1 Å². The van der Waals surface area contributed by atoms with Gasteiger partial charge >= 0.3 is 0 Å². The third-order valence-electron chi connectivity index (χ3n) is 1.77. The predicted molar refractivity (Wildman–Crippen MR) is 50.1 cm³/mol. The molecule has 1 aromatic rings. The maximum absolute atomic E-state index is 10.5. The van der Waals surface area contributed by atoms with Crippen LogP contribution >= 0.6 is 0 Å². The average Bonchev–Trinajstić information content (AvgIpc) is 2.17. The first kappa shape index (κ1) is 10.2. The molecule has 0 aliphatic carbocycles. The number of rotatable bonds is 3. The van der Waals surface area contributed by atoms with Crippen molar-refractivity contribution in [2.45, 2.75) is 6.42 Å². The molecule has 72 valence electrons. The molecule has 0 saturated carbocycles. The molecule has 0 radical (unpaired) electrons. The highest BCUT2D eigenvalue weighted by atomic mass is 16.6. The van der Waals surface area contributed by atoms with E-state index in [-0.39, 0.29) is 18.7 Å². The van der Waals surface area contributed by atoms with Gasteiger partial charge in [-0.2, -0.15) is 0 Å². The molecule has 0 amide bonds. The van der Waals surface area contributed by atoms with Gasteiger partial charge in [-0.15, -0.1) is 0 Å². The molecule has 1 rings (SSSR count). The van der Waals surface area contributed by atoms with Crippen LogP contribution in [0.4, 0.5) is 11.4 Å². The third kappa shape index (κ3) is 2.06. The van der Waals surface area contributed by atoms with Crippen molar-refractivity contribution in [2.24, 2.45) is 0 Å². The summed E-state index contributed by atoms with van der Waals surface area (Å²) in [5.41, 5.74) is 0.691. The molecule has 1 aromatic carbocycles. The lowest BCUT2D eigenvalue weighted by Gasteiger charge is -2.00. The predicted octanol–water partition coefficient (Wildman–Crippen LogP) is 1.68. The second kappa shape index (κ2) is 4.35. The topological polar surface area (TPSA) is 67.7 Å².